The number of imidazole rings is 1. The minimum atomic E-state index is -0.138. The zero-order chi connectivity index (χ0) is 18.5. The Labute approximate surface area is 160 Å². The molecule has 4 aromatic rings. The molecule has 0 amide bonds. The molecule has 7 heteroatoms. The maximum absolute atomic E-state index is 4.95. The largest absolute Gasteiger partial charge is 0.319 e. The number of fused-ring (bicyclic) bond motifs is 1. The fraction of sp³-hybridized carbons (Fsp3) is 0.263. The van der Waals surface area contributed by atoms with Crippen molar-refractivity contribution in [1.82, 2.24) is 29.8 Å². The van der Waals surface area contributed by atoms with Crippen LogP contribution in [0.3, 0.4) is 0 Å². The normalized spacial score (nSPS) is 12.0. The summed E-state index contributed by atoms with van der Waals surface area (Å²) in [5, 5.41) is 12.5. The average molecular weight is 411 g/mol. The van der Waals surface area contributed by atoms with Crippen LogP contribution < -0.4 is 0 Å². The lowest BCUT2D eigenvalue weighted by molar-refractivity contribution is 0.413. The van der Waals surface area contributed by atoms with Crippen LogP contribution >= 0.6 is 15.9 Å². The van der Waals surface area contributed by atoms with E-state index < -0.39 is 0 Å². The molecule has 0 aliphatic rings. The van der Waals surface area contributed by atoms with Crippen LogP contribution in [0.25, 0.3) is 33.8 Å². The molecule has 2 heterocycles. The van der Waals surface area contributed by atoms with Crippen molar-refractivity contribution in [2.45, 2.75) is 26.3 Å². The number of aryl methyl sites for hydroxylation is 1. The average Bonchev–Trinajstić information content (AvgIpc) is 3.17. The third kappa shape index (κ3) is 2.82. The lowest BCUT2D eigenvalue weighted by Gasteiger charge is -2.25. The van der Waals surface area contributed by atoms with E-state index in [-0.39, 0.29) is 5.54 Å². The highest BCUT2D eigenvalue weighted by Crippen LogP contribution is 2.36. The molecule has 6 nitrogen and oxygen atoms in total. The van der Waals surface area contributed by atoms with E-state index in [1.807, 2.05) is 30.3 Å². The van der Waals surface area contributed by atoms with Crippen molar-refractivity contribution in [1.29, 1.82) is 0 Å². The van der Waals surface area contributed by atoms with Crippen LogP contribution in [0.1, 0.15) is 20.8 Å². The Balaban J connectivity index is 2.04. The Kier molecular flexibility index (Phi) is 3.91. The zero-order valence-corrected chi connectivity index (χ0v) is 16.7. The highest BCUT2D eigenvalue weighted by molar-refractivity contribution is 9.10. The first-order valence-corrected chi connectivity index (χ1v) is 9.16. The first kappa shape index (κ1) is 16.9. The molecule has 0 aliphatic heterocycles. The predicted octanol–water partition coefficient (Wildman–Crippen LogP) is 4.41. The van der Waals surface area contributed by atoms with Crippen molar-refractivity contribution in [2.75, 3.05) is 0 Å². The molecule has 132 valence electrons. The Morgan fingerprint density at radius 1 is 1.00 bits per heavy atom. The summed E-state index contributed by atoms with van der Waals surface area (Å²) in [6.45, 7) is 6.55. The first-order chi connectivity index (χ1) is 12.3. The zero-order valence-electron chi connectivity index (χ0n) is 15.1. The van der Waals surface area contributed by atoms with E-state index >= 15 is 0 Å². The maximum Gasteiger partial charge on any atom is 0.205 e. The summed E-state index contributed by atoms with van der Waals surface area (Å²) < 4.78 is 3.28. The van der Waals surface area contributed by atoms with Crippen LogP contribution in [-0.4, -0.2) is 29.8 Å². The number of nitrogens with zero attached hydrogens (tertiary/aromatic N) is 6. The Hall–Kier alpha value is -2.54. The van der Waals surface area contributed by atoms with Gasteiger partial charge in [0.1, 0.15) is 5.82 Å². The third-order valence-electron chi connectivity index (χ3n) is 4.20. The molecule has 0 radical (unpaired) electrons. The van der Waals surface area contributed by atoms with Crippen LogP contribution in [0.4, 0.5) is 0 Å². The molecule has 0 atom stereocenters. The monoisotopic (exact) mass is 410 g/mol. The molecular formula is C19H19BrN6. The Bertz CT molecular complexity index is 1100. The van der Waals surface area contributed by atoms with Crippen molar-refractivity contribution >= 4 is 27.0 Å². The quantitative estimate of drug-likeness (QED) is 0.490. The molecule has 0 spiro atoms. The summed E-state index contributed by atoms with van der Waals surface area (Å²) in [4.78, 5) is 6.42. The first-order valence-electron chi connectivity index (χ1n) is 8.37. The van der Waals surface area contributed by atoms with Crippen molar-refractivity contribution in [3.63, 3.8) is 0 Å². The van der Waals surface area contributed by atoms with E-state index in [2.05, 4.69) is 68.8 Å². The fourth-order valence-electron chi connectivity index (χ4n) is 3.18. The maximum atomic E-state index is 4.95. The highest BCUT2D eigenvalue weighted by atomic mass is 79.9. The number of hydrogen-bond donors (Lipinski definition) is 0. The molecular weight excluding hydrogens is 392 g/mol. The minimum absolute atomic E-state index is 0.138. The molecule has 0 aliphatic carbocycles. The van der Waals surface area contributed by atoms with Crippen LogP contribution in [0, 0.1) is 0 Å². The number of tetrazole rings is 1. The molecule has 4 rings (SSSR count). The molecule has 26 heavy (non-hydrogen) atoms. The van der Waals surface area contributed by atoms with Gasteiger partial charge in [0.2, 0.25) is 5.82 Å². The van der Waals surface area contributed by atoms with Gasteiger partial charge in [-0.3, -0.25) is 0 Å². The van der Waals surface area contributed by atoms with Crippen LogP contribution in [0.15, 0.2) is 46.9 Å². The van der Waals surface area contributed by atoms with Gasteiger partial charge in [0, 0.05) is 21.1 Å². The number of halogens is 1. The van der Waals surface area contributed by atoms with Crippen molar-refractivity contribution < 1.29 is 0 Å². The van der Waals surface area contributed by atoms with Gasteiger partial charge in [0.25, 0.3) is 0 Å². The number of benzene rings is 2. The molecule has 0 N–H and O–H groups in total. The van der Waals surface area contributed by atoms with Crippen molar-refractivity contribution in [3.8, 4) is 22.8 Å². The van der Waals surface area contributed by atoms with Crippen LogP contribution in [-0.2, 0) is 12.6 Å². The fourth-order valence-corrected chi connectivity index (χ4v) is 3.53. The second-order valence-corrected chi connectivity index (χ2v) is 8.14. The van der Waals surface area contributed by atoms with Gasteiger partial charge < -0.3 is 4.57 Å². The molecule has 0 saturated carbocycles. The summed E-state index contributed by atoms with van der Waals surface area (Å²) in [6, 6.07) is 14.3. The third-order valence-corrected chi connectivity index (χ3v) is 4.70. The summed E-state index contributed by atoms with van der Waals surface area (Å²) in [5.41, 5.74) is 3.81. The molecule has 0 fully saturated rings. The smallest absolute Gasteiger partial charge is 0.205 e. The van der Waals surface area contributed by atoms with E-state index in [9.17, 15) is 0 Å². The summed E-state index contributed by atoms with van der Waals surface area (Å²) >= 11 is 3.55. The molecule has 0 saturated heterocycles. The number of hydrogen-bond acceptors (Lipinski definition) is 4. The van der Waals surface area contributed by atoms with E-state index in [1.165, 1.54) is 4.80 Å². The topological polar surface area (TPSA) is 61.4 Å². The molecule has 0 bridgehead atoms. The SMILES string of the molecule is Cn1nnc(-c2ccccc2-c2nc3cc(Br)ccc3n2C(C)(C)C)n1. The number of rotatable bonds is 2. The highest BCUT2D eigenvalue weighted by Gasteiger charge is 2.24. The van der Waals surface area contributed by atoms with E-state index in [0.29, 0.717) is 5.82 Å². The summed E-state index contributed by atoms with van der Waals surface area (Å²) in [5.74, 6) is 1.49. The second kappa shape index (κ2) is 6.02. The van der Waals surface area contributed by atoms with Gasteiger partial charge in [-0.15, -0.1) is 10.2 Å². The van der Waals surface area contributed by atoms with Crippen LogP contribution in [0.2, 0.25) is 0 Å². The molecule has 0 unspecified atom stereocenters. The Morgan fingerprint density at radius 2 is 1.73 bits per heavy atom. The van der Waals surface area contributed by atoms with Crippen molar-refractivity contribution in [3.05, 3.63) is 46.9 Å². The van der Waals surface area contributed by atoms with Crippen molar-refractivity contribution in [2.24, 2.45) is 7.05 Å². The second-order valence-electron chi connectivity index (χ2n) is 7.22. The number of aromatic nitrogens is 6. The van der Waals surface area contributed by atoms with Gasteiger partial charge in [-0.25, -0.2) is 4.98 Å². The predicted molar refractivity (Wildman–Crippen MR) is 106 cm³/mol. The van der Waals surface area contributed by atoms with Gasteiger partial charge >= 0.3 is 0 Å². The Morgan fingerprint density at radius 3 is 2.38 bits per heavy atom. The van der Waals surface area contributed by atoms with Gasteiger partial charge in [-0.1, -0.05) is 40.2 Å². The van der Waals surface area contributed by atoms with Gasteiger partial charge in [-0.2, -0.15) is 4.80 Å². The van der Waals surface area contributed by atoms with Gasteiger partial charge in [0.05, 0.1) is 18.1 Å². The van der Waals surface area contributed by atoms with E-state index in [1.54, 1.807) is 7.05 Å². The van der Waals surface area contributed by atoms with Crippen LogP contribution in [0.5, 0.6) is 0 Å². The molecule has 2 aromatic carbocycles. The van der Waals surface area contributed by atoms with E-state index in [0.717, 1.165) is 32.5 Å². The minimum Gasteiger partial charge on any atom is -0.319 e. The lowest BCUT2D eigenvalue weighted by atomic mass is 10.0. The van der Waals surface area contributed by atoms with Gasteiger partial charge in [-0.05, 0) is 44.2 Å². The van der Waals surface area contributed by atoms with E-state index in [4.69, 9.17) is 4.98 Å². The summed E-state index contributed by atoms with van der Waals surface area (Å²) in [6.07, 6.45) is 0. The standard InChI is InChI=1S/C19H19BrN6/c1-19(2,3)26-16-10-9-12(20)11-15(16)21-18(26)14-8-6-5-7-13(14)17-22-24-25(4)23-17/h5-11H,1-4H3. The lowest BCUT2D eigenvalue weighted by Crippen LogP contribution is -2.22. The summed E-state index contributed by atoms with van der Waals surface area (Å²) in [7, 11) is 1.76. The van der Waals surface area contributed by atoms with Gasteiger partial charge in [0.15, 0.2) is 0 Å². The molecule has 2 aromatic heterocycles.